The molecule has 7 heteroatoms. The van der Waals surface area contributed by atoms with E-state index in [1.165, 1.54) is 0 Å². The van der Waals surface area contributed by atoms with Crippen LogP contribution in [0.3, 0.4) is 0 Å². The fraction of sp³-hybridized carbons (Fsp3) is 0.679. The summed E-state index contributed by atoms with van der Waals surface area (Å²) < 4.78 is 5.44. The van der Waals surface area contributed by atoms with Crippen LogP contribution >= 0.6 is 0 Å². The Hall–Kier alpha value is -2.57. The number of nitrogens with zero attached hydrogens (tertiary/aromatic N) is 1. The van der Waals surface area contributed by atoms with Gasteiger partial charge in [0.05, 0.1) is 0 Å². The molecule has 0 spiro atoms. The Balaban J connectivity index is 3.52. The number of nitrogens with one attached hydrogen (secondary N) is 2. The number of ether oxygens (including phenoxy) is 1. The molecule has 2 atom stereocenters. The van der Waals surface area contributed by atoms with Crippen LogP contribution in [-0.2, 0) is 14.3 Å². The van der Waals surface area contributed by atoms with E-state index >= 15 is 0 Å². The standard InChI is InChI=1S/C28H47N3O4/c1-11-12-15-31(26(33)23(16-18(2)3)30-27(34)35-28(8,9)10)24(25(32)29-19(4)5)22-14-13-20(6)17-21(22)7/h13-14,17-19,23-24H,11-12,15-16H2,1-10H3,(H,29,32)(H,30,34). The molecule has 0 aliphatic rings. The number of benzene rings is 1. The molecule has 2 unspecified atom stereocenters. The maximum atomic E-state index is 14.0. The van der Waals surface area contributed by atoms with E-state index in [0.717, 1.165) is 29.5 Å². The SMILES string of the molecule is CCCCN(C(=O)C(CC(C)C)NC(=O)OC(C)(C)C)C(C(=O)NC(C)C)c1ccc(C)cc1C. The number of unbranched alkanes of at least 4 members (excludes halogenated alkanes) is 1. The van der Waals surface area contributed by atoms with Gasteiger partial charge in [0.15, 0.2) is 0 Å². The lowest BCUT2D eigenvalue weighted by Gasteiger charge is -2.36. The van der Waals surface area contributed by atoms with Gasteiger partial charge in [-0.2, -0.15) is 0 Å². The molecule has 0 aliphatic carbocycles. The highest BCUT2D eigenvalue weighted by atomic mass is 16.6. The van der Waals surface area contributed by atoms with Crippen molar-refractivity contribution < 1.29 is 19.1 Å². The van der Waals surface area contributed by atoms with Gasteiger partial charge in [0.25, 0.3) is 0 Å². The Morgan fingerprint density at radius 3 is 2.14 bits per heavy atom. The Bertz CT molecular complexity index is 858. The first-order valence-corrected chi connectivity index (χ1v) is 12.8. The molecule has 1 rings (SSSR count). The minimum atomic E-state index is -0.804. The molecular weight excluding hydrogens is 442 g/mol. The van der Waals surface area contributed by atoms with Crippen LogP contribution in [0.4, 0.5) is 4.79 Å². The molecule has 2 N–H and O–H groups in total. The van der Waals surface area contributed by atoms with Gasteiger partial charge in [-0.15, -0.1) is 0 Å². The van der Waals surface area contributed by atoms with Gasteiger partial charge >= 0.3 is 6.09 Å². The normalized spacial score (nSPS) is 13.4. The molecule has 0 saturated heterocycles. The third-order valence-corrected chi connectivity index (χ3v) is 5.44. The molecule has 3 amide bonds. The highest BCUT2D eigenvalue weighted by Gasteiger charge is 2.37. The predicted octanol–water partition coefficient (Wildman–Crippen LogP) is 5.44. The zero-order valence-electron chi connectivity index (χ0n) is 23.5. The summed E-state index contributed by atoms with van der Waals surface area (Å²) in [6.45, 7) is 19.6. The zero-order valence-corrected chi connectivity index (χ0v) is 23.5. The van der Waals surface area contributed by atoms with Crippen LogP contribution in [0.15, 0.2) is 18.2 Å². The molecule has 35 heavy (non-hydrogen) atoms. The first-order chi connectivity index (χ1) is 16.2. The van der Waals surface area contributed by atoms with Crippen molar-refractivity contribution in [1.29, 1.82) is 0 Å². The lowest BCUT2D eigenvalue weighted by Crippen LogP contribution is -2.54. The van der Waals surface area contributed by atoms with Gasteiger partial charge in [-0.25, -0.2) is 4.79 Å². The summed E-state index contributed by atoms with van der Waals surface area (Å²) in [5.41, 5.74) is 2.14. The van der Waals surface area contributed by atoms with E-state index in [2.05, 4.69) is 10.6 Å². The maximum absolute atomic E-state index is 14.0. The number of hydrogen-bond donors (Lipinski definition) is 2. The first-order valence-electron chi connectivity index (χ1n) is 12.8. The van der Waals surface area contributed by atoms with Gasteiger partial charge in [-0.05, 0) is 78.4 Å². The van der Waals surface area contributed by atoms with Crippen LogP contribution < -0.4 is 10.6 Å². The highest BCUT2D eigenvalue weighted by molar-refractivity contribution is 5.92. The fourth-order valence-electron chi connectivity index (χ4n) is 3.98. The number of hydrogen-bond acceptors (Lipinski definition) is 4. The topological polar surface area (TPSA) is 87.7 Å². The second kappa shape index (κ2) is 13.5. The van der Waals surface area contributed by atoms with Crippen LogP contribution in [0.1, 0.15) is 97.4 Å². The number of carbonyl (C=O) groups is 3. The van der Waals surface area contributed by atoms with Gasteiger partial charge < -0.3 is 20.3 Å². The third-order valence-electron chi connectivity index (χ3n) is 5.44. The predicted molar refractivity (Wildman–Crippen MR) is 141 cm³/mol. The minimum absolute atomic E-state index is 0.0785. The van der Waals surface area contributed by atoms with Crippen molar-refractivity contribution in [3.63, 3.8) is 0 Å². The summed E-state index contributed by atoms with van der Waals surface area (Å²) in [6.07, 6.45) is 1.40. The van der Waals surface area contributed by atoms with E-state index in [-0.39, 0.29) is 23.8 Å². The monoisotopic (exact) mass is 489 g/mol. The van der Waals surface area contributed by atoms with Crippen molar-refractivity contribution in [3.8, 4) is 0 Å². The van der Waals surface area contributed by atoms with Gasteiger partial charge in [-0.1, -0.05) is 51.0 Å². The van der Waals surface area contributed by atoms with Crippen LogP contribution in [-0.4, -0.2) is 47.0 Å². The van der Waals surface area contributed by atoms with Crippen LogP contribution in [0, 0.1) is 19.8 Å². The Morgan fingerprint density at radius 2 is 1.66 bits per heavy atom. The molecule has 1 aromatic rings. The Kier molecular flexibility index (Phi) is 11.7. The van der Waals surface area contributed by atoms with Crippen molar-refractivity contribution in [2.75, 3.05) is 6.54 Å². The average molecular weight is 490 g/mol. The molecule has 0 bridgehead atoms. The number of amides is 3. The Morgan fingerprint density at radius 1 is 1.03 bits per heavy atom. The van der Waals surface area contributed by atoms with E-state index in [4.69, 9.17) is 4.74 Å². The summed E-state index contributed by atoms with van der Waals surface area (Å²) in [5, 5.41) is 5.79. The molecule has 1 aromatic carbocycles. The zero-order chi connectivity index (χ0) is 26.9. The van der Waals surface area contributed by atoms with Gasteiger partial charge in [0.1, 0.15) is 17.7 Å². The van der Waals surface area contributed by atoms with Crippen LogP contribution in [0.2, 0.25) is 0 Å². The van der Waals surface area contributed by atoms with Crippen molar-refractivity contribution in [3.05, 3.63) is 34.9 Å². The second-order valence-electron chi connectivity index (χ2n) is 11.1. The van der Waals surface area contributed by atoms with Crippen molar-refractivity contribution in [2.24, 2.45) is 5.92 Å². The quantitative estimate of drug-likeness (QED) is 0.433. The molecule has 7 nitrogen and oxygen atoms in total. The summed E-state index contributed by atoms with van der Waals surface area (Å²) in [4.78, 5) is 41.8. The first kappa shape index (κ1) is 30.5. The number of rotatable bonds is 11. The Labute approximate surface area is 212 Å². The molecule has 0 aromatic heterocycles. The summed E-state index contributed by atoms with van der Waals surface area (Å²) in [5.74, 6) is -0.352. The van der Waals surface area contributed by atoms with E-state index < -0.39 is 23.8 Å². The summed E-state index contributed by atoms with van der Waals surface area (Å²) in [7, 11) is 0. The molecule has 0 fully saturated rings. The lowest BCUT2D eigenvalue weighted by atomic mass is 9.95. The lowest BCUT2D eigenvalue weighted by molar-refractivity contribution is -0.143. The van der Waals surface area contributed by atoms with Crippen molar-refractivity contribution in [2.45, 2.75) is 112 Å². The highest BCUT2D eigenvalue weighted by Crippen LogP contribution is 2.28. The van der Waals surface area contributed by atoms with E-state index in [1.54, 1.807) is 25.7 Å². The molecular formula is C28H47N3O4. The van der Waals surface area contributed by atoms with Gasteiger partial charge in [0, 0.05) is 12.6 Å². The van der Waals surface area contributed by atoms with Crippen molar-refractivity contribution in [1.82, 2.24) is 15.5 Å². The molecule has 0 saturated carbocycles. The molecule has 198 valence electrons. The largest absolute Gasteiger partial charge is 0.444 e. The van der Waals surface area contributed by atoms with Gasteiger partial charge in [0.2, 0.25) is 11.8 Å². The molecule has 0 heterocycles. The fourth-order valence-corrected chi connectivity index (χ4v) is 3.98. The maximum Gasteiger partial charge on any atom is 0.408 e. The van der Waals surface area contributed by atoms with Crippen molar-refractivity contribution >= 4 is 17.9 Å². The smallest absolute Gasteiger partial charge is 0.408 e. The minimum Gasteiger partial charge on any atom is -0.444 e. The number of aryl methyl sites for hydroxylation is 2. The summed E-state index contributed by atoms with van der Waals surface area (Å²) >= 11 is 0. The number of alkyl carbamates (subject to hydrolysis) is 1. The number of carbonyl (C=O) groups excluding carboxylic acids is 3. The van der Waals surface area contributed by atoms with Crippen LogP contribution in [0.5, 0.6) is 0 Å². The molecule has 0 radical (unpaired) electrons. The van der Waals surface area contributed by atoms with Gasteiger partial charge in [-0.3, -0.25) is 9.59 Å². The third kappa shape index (κ3) is 10.3. The van der Waals surface area contributed by atoms with E-state index in [9.17, 15) is 14.4 Å². The second-order valence-corrected chi connectivity index (χ2v) is 11.1. The van der Waals surface area contributed by atoms with E-state index in [1.807, 2.05) is 66.7 Å². The average Bonchev–Trinajstić information content (AvgIpc) is 2.68. The van der Waals surface area contributed by atoms with Crippen LogP contribution in [0.25, 0.3) is 0 Å². The summed E-state index contributed by atoms with van der Waals surface area (Å²) in [6, 6.07) is 4.24. The molecule has 0 aliphatic heterocycles. The van der Waals surface area contributed by atoms with E-state index in [0.29, 0.717) is 13.0 Å².